The van der Waals surface area contributed by atoms with Crippen LogP contribution >= 0.6 is 0 Å². The highest BCUT2D eigenvalue weighted by molar-refractivity contribution is 5.21. The second-order valence-electron chi connectivity index (χ2n) is 5.47. The van der Waals surface area contributed by atoms with Crippen LogP contribution in [0.1, 0.15) is 37.2 Å². The minimum atomic E-state index is 0.717. The van der Waals surface area contributed by atoms with E-state index in [0.29, 0.717) is 0 Å². The molecule has 17 heavy (non-hydrogen) atoms. The van der Waals surface area contributed by atoms with Crippen molar-refractivity contribution in [3.8, 4) is 0 Å². The summed E-state index contributed by atoms with van der Waals surface area (Å²) in [4.78, 5) is 0. The fraction of sp³-hybridized carbons (Fsp3) is 0.600. The van der Waals surface area contributed by atoms with Crippen molar-refractivity contribution in [3.05, 3.63) is 35.9 Å². The highest BCUT2D eigenvalue weighted by Crippen LogP contribution is 2.34. The first kappa shape index (κ1) is 11.2. The molecule has 0 amide bonds. The highest BCUT2D eigenvalue weighted by Gasteiger charge is 2.27. The zero-order valence-electron chi connectivity index (χ0n) is 10.4. The van der Waals surface area contributed by atoms with Gasteiger partial charge in [0.1, 0.15) is 0 Å². The Bertz CT molecular complexity index is 343. The Hall–Kier alpha value is -0.860. The summed E-state index contributed by atoms with van der Waals surface area (Å²) >= 11 is 0. The van der Waals surface area contributed by atoms with Gasteiger partial charge in [0.05, 0.1) is 0 Å². The summed E-state index contributed by atoms with van der Waals surface area (Å²) in [5.74, 6) is 0.781. The number of nitrogens with one attached hydrogen (secondary N) is 2. The molecule has 2 heteroatoms. The van der Waals surface area contributed by atoms with Crippen molar-refractivity contribution in [3.63, 3.8) is 0 Å². The van der Waals surface area contributed by atoms with Gasteiger partial charge in [-0.1, -0.05) is 30.3 Å². The second kappa shape index (κ2) is 5.19. The Labute approximate surface area is 104 Å². The molecule has 2 nitrogen and oxygen atoms in total. The summed E-state index contributed by atoms with van der Waals surface area (Å²) in [6, 6.07) is 12.5. The van der Waals surface area contributed by atoms with Gasteiger partial charge >= 0.3 is 0 Å². The molecule has 1 heterocycles. The predicted octanol–water partition coefficient (Wildman–Crippen LogP) is 2.27. The lowest BCUT2D eigenvalue weighted by molar-refractivity contribution is 0.445. The Kier molecular flexibility index (Phi) is 3.44. The topological polar surface area (TPSA) is 24.1 Å². The summed E-state index contributed by atoms with van der Waals surface area (Å²) in [5.41, 5.74) is 1.53. The SMILES string of the molecule is c1ccc(C2CCC(N[C@@H]3CCNC3)C2)cc1. The van der Waals surface area contributed by atoms with Gasteiger partial charge in [-0.2, -0.15) is 0 Å². The first-order valence-corrected chi connectivity index (χ1v) is 6.93. The molecule has 1 aromatic rings. The van der Waals surface area contributed by atoms with Crippen molar-refractivity contribution in [1.82, 2.24) is 10.6 Å². The lowest BCUT2D eigenvalue weighted by atomic mass is 9.97. The molecule has 1 aliphatic carbocycles. The molecule has 3 rings (SSSR count). The van der Waals surface area contributed by atoms with Crippen molar-refractivity contribution < 1.29 is 0 Å². The minimum Gasteiger partial charge on any atom is -0.315 e. The van der Waals surface area contributed by atoms with E-state index in [2.05, 4.69) is 41.0 Å². The van der Waals surface area contributed by atoms with Gasteiger partial charge in [0.15, 0.2) is 0 Å². The van der Waals surface area contributed by atoms with Gasteiger partial charge in [0.25, 0.3) is 0 Å². The van der Waals surface area contributed by atoms with Crippen LogP contribution in [0.4, 0.5) is 0 Å². The maximum atomic E-state index is 3.82. The minimum absolute atomic E-state index is 0.717. The number of hydrogen-bond acceptors (Lipinski definition) is 2. The molecule has 2 unspecified atom stereocenters. The summed E-state index contributed by atoms with van der Waals surface area (Å²) in [5, 5.41) is 7.24. The zero-order chi connectivity index (χ0) is 11.5. The zero-order valence-corrected chi connectivity index (χ0v) is 10.4. The van der Waals surface area contributed by atoms with Crippen LogP contribution in [0.2, 0.25) is 0 Å². The van der Waals surface area contributed by atoms with E-state index in [-0.39, 0.29) is 0 Å². The van der Waals surface area contributed by atoms with Crippen LogP contribution in [0, 0.1) is 0 Å². The lowest BCUT2D eigenvalue weighted by Crippen LogP contribution is -2.38. The number of hydrogen-bond donors (Lipinski definition) is 2. The fourth-order valence-electron chi connectivity index (χ4n) is 3.29. The normalized spacial score (nSPS) is 33.1. The van der Waals surface area contributed by atoms with Gasteiger partial charge in [0.2, 0.25) is 0 Å². The summed E-state index contributed by atoms with van der Waals surface area (Å²) in [7, 11) is 0. The molecule has 92 valence electrons. The third kappa shape index (κ3) is 2.70. The van der Waals surface area contributed by atoms with E-state index in [4.69, 9.17) is 0 Å². The Morgan fingerprint density at radius 1 is 1.00 bits per heavy atom. The predicted molar refractivity (Wildman–Crippen MR) is 71.2 cm³/mol. The van der Waals surface area contributed by atoms with Crippen molar-refractivity contribution in [1.29, 1.82) is 0 Å². The molecule has 2 aliphatic rings. The molecule has 0 bridgehead atoms. The Morgan fingerprint density at radius 3 is 2.65 bits per heavy atom. The van der Waals surface area contributed by atoms with Gasteiger partial charge in [-0.15, -0.1) is 0 Å². The van der Waals surface area contributed by atoms with Crippen molar-refractivity contribution in [2.24, 2.45) is 0 Å². The van der Waals surface area contributed by atoms with Crippen molar-refractivity contribution >= 4 is 0 Å². The molecule has 2 N–H and O–H groups in total. The Balaban J connectivity index is 1.55. The molecule has 3 atom stereocenters. The maximum absolute atomic E-state index is 3.82. The smallest absolute Gasteiger partial charge is 0.0207 e. The monoisotopic (exact) mass is 230 g/mol. The summed E-state index contributed by atoms with van der Waals surface area (Å²) in [6.45, 7) is 2.35. The summed E-state index contributed by atoms with van der Waals surface area (Å²) in [6.07, 6.45) is 5.31. The van der Waals surface area contributed by atoms with E-state index in [1.54, 1.807) is 0 Å². The average molecular weight is 230 g/mol. The first-order valence-electron chi connectivity index (χ1n) is 6.93. The quantitative estimate of drug-likeness (QED) is 0.832. The fourth-order valence-corrected chi connectivity index (χ4v) is 3.29. The van der Waals surface area contributed by atoms with Crippen LogP contribution in [-0.4, -0.2) is 25.2 Å². The van der Waals surface area contributed by atoms with Gasteiger partial charge in [-0.3, -0.25) is 0 Å². The van der Waals surface area contributed by atoms with Gasteiger partial charge < -0.3 is 10.6 Å². The molecular formula is C15H22N2. The van der Waals surface area contributed by atoms with E-state index in [1.807, 2.05) is 0 Å². The third-order valence-corrected chi connectivity index (χ3v) is 4.24. The molecule has 1 saturated heterocycles. The van der Waals surface area contributed by atoms with Crippen molar-refractivity contribution in [2.45, 2.75) is 43.7 Å². The van der Waals surface area contributed by atoms with Gasteiger partial charge in [-0.25, -0.2) is 0 Å². The molecular weight excluding hydrogens is 208 g/mol. The van der Waals surface area contributed by atoms with Crippen molar-refractivity contribution in [2.75, 3.05) is 13.1 Å². The highest BCUT2D eigenvalue weighted by atomic mass is 15.0. The molecule has 0 radical (unpaired) electrons. The van der Waals surface area contributed by atoms with Crippen LogP contribution < -0.4 is 10.6 Å². The van der Waals surface area contributed by atoms with Crippen LogP contribution in [-0.2, 0) is 0 Å². The van der Waals surface area contributed by atoms with E-state index in [1.165, 1.54) is 37.8 Å². The third-order valence-electron chi connectivity index (χ3n) is 4.24. The maximum Gasteiger partial charge on any atom is 0.0207 e. The first-order chi connectivity index (χ1) is 8.42. The molecule has 1 aromatic carbocycles. The van der Waals surface area contributed by atoms with Gasteiger partial charge in [-0.05, 0) is 43.7 Å². The molecule has 1 aliphatic heterocycles. The van der Waals surface area contributed by atoms with E-state index >= 15 is 0 Å². The van der Waals surface area contributed by atoms with E-state index < -0.39 is 0 Å². The number of rotatable bonds is 3. The average Bonchev–Trinajstić information content (AvgIpc) is 3.02. The Morgan fingerprint density at radius 2 is 1.88 bits per heavy atom. The van der Waals surface area contributed by atoms with E-state index in [0.717, 1.165) is 24.5 Å². The molecule has 0 spiro atoms. The van der Waals surface area contributed by atoms with Gasteiger partial charge in [0, 0.05) is 18.6 Å². The van der Waals surface area contributed by atoms with Crippen LogP contribution in [0.25, 0.3) is 0 Å². The second-order valence-corrected chi connectivity index (χ2v) is 5.47. The van der Waals surface area contributed by atoms with Crippen LogP contribution in [0.5, 0.6) is 0 Å². The van der Waals surface area contributed by atoms with Crippen LogP contribution in [0.3, 0.4) is 0 Å². The molecule has 1 saturated carbocycles. The summed E-state index contributed by atoms with van der Waals surface area (Å²) < 4.78 is 0. The molecule has 0 aromatic heterocycles. The standard InChI is InChI=1S/C15H22N2/c1-2-4-12(5-3-1)13-6-7-14(10-13)17-15-8-9-16-11-15/h1-5,13-17H,6-11H2/t13?,14?,15-/m1/s1. The lowest BCUT2D eigenvalue weighted by Gasteiger charge is -2.18. The molecule has 2 fully saturated rings. The van der Waals surface area contributed by atoms with E-state index in [9.17, 15) is 0 Å². The van der Waals surface area contributed by atoms with Crippen LogP contribution in [0.15, 0.2) is 30.3 Å². The number of benzene rings is 1. The largest absolute Gasteiger partial charge is 0.315 e.